The minimum Gasteiger partial charge on any atom is -0.481 e. The van der Waals surface area contributed by atoms with Crippen molar-refractivity contribution in [1.29, 1.82) is 0 Å². The average molecular weight is 273 g/mol. The molecule has 20 heavy (non-hydrogen) atoms. The van der Waals surface area contributed by atoms with E-state index in [0.717, 1.165) is 5.52 Å². The fraction of sp³-hybridized carbons (Fsp3) is 0.267. The van der Waals surface area contributed by atoms with Crippen molar-refractivity contribution in [2.45, 2.75) is 26.3 Å². The first-order chi connectivity index (χ1) is 9.41. The summed E-state index contributed by atoms with van der Waals surface area (Å²) >= 11 is 0. The first kappa shape index (κ1) is 14.0. The zero-order chi connectivity index (χ0) is 14.9. The molecule has 0 bridgehead atoms. The minimum absolute atomic E-state index is 0.0527. The van der Waals surface area contributed by atoms with E-state index in [1.165, 1.54) is 6.20 Å². The maximum Gasteiger partial charge on any atom is 0.311 e. The number of carbonyl (C=O) groups excluding carboxylic acids is 1. The number of rotatable bonds is 4. The number of carboxylic acids is 1. The Bertz CT molecular complexity index is 743. The lowest BCUT2D eigenvalue weighted by Crippen LogP contribution is -2.21. The third kappa shape index (κ3) is 2.47. The van der Waals surface area contributed by atoms with Crippen molar-refractivity contribution in [3.05, 3.63) is 46.2 Å². The number of Topliss-reactive ketones (excluding diaryl/α,β-unsaturated/α-hetero) is 1. The van der Waals surface area contributed by atoms with Crippen molar-refractivity contribution in [2.75, 3.05) is 0 Å². The molecule has 0 amide bonds. The number of nitrogens with zero attached hydrogens (tertiary/aromatic N) is 1. The van der Waals surface area contributed by atoms with Crippen LogP contribution in [-0.2, 0) is 4.79 Å². The number of hydrogen-bond donors (Lipinski definition) is 1. The number of fused-ring (bicyclic) bond motifs is 1. The fourth-order valence-corrected chi connectivity index (χ4v) is 2.16. The van der Waals surface area contributed by atoms with Crippen LogP contribution < -0.4 is 5.43 Å². The number of benzene rings is 1. The van der Waals surface area contributed by atoms with Gasteiger partial charge in [0.25, 0.3) is 0 Å². The fourth-order valence-electron chi connectivity index (χ4n) is 2.16. The Kier molecular flexibility index (Phi) is 3.70. The summed E-state index contributed by atoms with van der Waals surface area (Å²) in [5.74, 6) is -1.90. The number of carbonyl (C=O) groups is 2. The van der Waals surface area contributed by atoms with Gasteiger partial charge in [0.1, 0.15) is 6.42 Å². The highest BCUT2D eigenvalue weighted by Gasteiger charge is 2.18. The molecule has 0 aliphatic carbocycles. The summed E-state index contributed by atoms with van der Waals surface area (Å²) < 4.78 is 1.81. The molecule has 0 aliphatic heterocycles. The van der Waals surface area contributed by atoms with Gasteiger partial charge in [-0.05, 0) is 26.0 Å². The maximum atomic E-state index is 12.3. The SMILES string of the molecule is CC(C)n1cc(C(=O)CC(=O)O)c(=O)c2ccccc21. The zero-order valence-corrected chi connectivity index (χ0v) is 11.3. The number of ketones is 1. The quantitative estimate of drug-likeness (QED) is 0.684. The molecule has 1 aromatic heterocycles. The van der Waals surface area contributed by atoms with Gasteiger partial charge in [-0.15, -0.1) is 0 Å². The summed E-state index contributed by atoms with van der Waals surface area (Å²) in [6.07, 6.45) is 0.784. The van der Waals surface area contributed by atoms with Crippen LogP contribution in [-0.4, -0.2) is 21.4 Å². The Morgan fingerprint density at radius 3 is 2.50 bits per heavy atom. The standard InChI is InChI=1S/C15H15NO4/c1-9(2)16-8-11(13(17)7-14(18)19)15(20)10-5-3-4-6-12(10)16/h3-6,8-9H,7H2,1-2H3,(H,18,19). The Morgan fingerprint density at radius 1 is 1.25 bits per heavy atom. The number of hydrogen-bond acceptors (Lipinski definition) is 3. The van der Waals surface area contributed by atoms with Gasteiger partial charge in [0.05, 0.1) is 11.1 Å². The van der Waals surface area contributed by atoms with Gasteiger partial charge >= 0.3 is 5.97 Å². The van der Waals surface area contributed by atoms with Crippen molar-refractivity contribution in [3.8, 4) is 0 Å². The van der Waals surface area contributed by atoms with Crippen molar-refractivity contribution >= 4 is 22.7 Å². The van der Waals surface area contributed by atoms with Crippen molar-refractivity contribution in [1.82, 2.24) is 4.57 Å². The molecule has 2 aromatic rings. The summed E-state index contributed by atoms with van der Waals surface area (Å²) in [6, 6.07) is 7.05. The van der Waals surface area contributed by atoms with Gasteiger partial charge in [0.2, 0.25) is 0 Å². The Labute approximate surface area is 115 Å². The lowest BCUT2D eigenvalue weighted by atomic mass is 10.1. The van der Waals surface area contributed by atoms with Crippen LogP contribution in [0.1, 0.15) is 36.7 Å². The van der Waals surface area contributed by atoms with Crippen molar-refractivity contribution < 1.29 is 14.7 Å². The van der Waals surface area contributed by atoms with Crippen LogP contribution >= 0.6 is 0 Å². The largest absolute Gasteiger partial charge is 0.481 e. The van der Waals surface area contributed by atoms with E-state index in [1.54, 1.807) is 12.1 Å². The molecule has 0 radical (unpaired) electrons. The molecule has 0 fully saturated rings. The van der Waals surface area contributed by atoms with Crippen LogP contribution in [0, 0.1) is 0 Å². The van der Waals surface area contributed by atoms with Gasteiger partial charge in [-0.3, -0.25) is 14.4 Å². The Balaban J connectivity index is 2.74. The van der Waals surface area contributed by atoms with Gasteiger partial charge in [0.15, 0.2) is 11.2 Å². The summed E-state index contributed by atoms with van der Waals surface area (Å²) in [6.45, 7) is 3.87. The number of aliphatic carboxylic acids is 1. The molecular weight excluding hydrogens is 258 g/mol. The van der Waals surface area contributed by atoms with Crippen LogP contribution in [0.15, 0.2) is 35.3 Å². The Hall–Kier alpha value is -2.43. The molecule has 1 N–H and O–H groups in total. The molecule has 0 aliphatic rings. The van der Waals surface area contributed by atoms with Crippen LogP contribution in [0.4, 0.5) is 0 Å². The van der Waals surface area contributed by atoms with Gasteiger partial charge in [-0.25, -0.2) is 0 Å². The number of pyridine rings is 1. The van der Waals surface area contributed by atoms with E-state index in [1.807, 2.05) is 30.5 Å². The van der Waals surface area contributed by atoms with Crippen LogP contribution in [0.3, 0.4) is 0 Å². The molecule has 0 unspecified atom stereocenters. The molecule has 1 heterocycles. The summed E-state index contributed by atoms with van der Waals surface area (Å²) in [4.78, 5) is 34.8. The minimum atomic E-state index is -1.24. The Morgan fingerprint density at radius 2 is 1.90 bits per heavy atom. The molecule has 2 rings (SSSR count). The average Bonchev–Trinajstić information content (AvgIpc) is 2.38. The van der Waals surface area contributed by atoms with Gasteiger partial charge in [-0.1, -0.05) is 12.1 Å². The van der Waals surface area contributed by atoms with E-state index in [-0.39, 0.29) is 11.6 Å². The highest BCUT2D eigenvalue weighted by atomic mass is 16.4. The predicted octanol–water partition coefficient (Wildman–Crippen LogP) is 2.24. The molecule has 0 saturated heterocycles. The third-order valence-corrected chi connectivity index (χ3v) is 3.11. The number of para-hydroxylation sites is 1. The normalized spacial score (nSPS) is 10.9. The van der Waals surface area contributed by atoms with E-state index in [9.17, 15) is 14.4 Å². The highest BCUT2D eigenvalue weighted by Crippen LogP contribution is 2.17. The summed E-state index contributed by atoms with van der Waals surface area (Å²) in [7, 11) is 0. The first-order valence-electron chi connectivity index (χ1n) is 6.30. The second-order valence-corrected chi connectivity index (χ2v) is 4.88. The summed E-state index contributed by atoms with van der Waals surface area (Å²) in [5.41, 5.74) is 0.253. The van der Waals surface area contributed by atoms with E-state index < -0.39 is 23.6 Å². The van der Waals surface area contributed by atoms with E-state index in [2.05, 4.69) is 0 Å². The predicted molar refractivity (Wildman–Crippen MR) is 75.2 cm³/mol. The van der Waals surface area contributed by atoms with Gasteiger partial charge < -0.3 is 9.67 Å². The molecular formula is C15H15NO4. The molecule has 0 saturated carbocycles. The maximum absolute atomic E-state index is 12.3. The topological polar surface area (TPSA) is 76.4 Å². The molecule has 1 aromatic carbocycles. The van der Waals surface area contributed by atoms with Crippen LogP contribution in [0.5, 0.6) is 0 Å². The molecule has 104 valence electrons. The third-order valence-electron chi connectivity index (χ3n) is 3.11. The smallest absolute Gasteiger partial charge is 0.311 e. The zero-order valence-electron chi connectivity index (χ0n) is 11.3. The van der Waals surface area contributed by atoms with Crippen molar-refractivity contribution in [2.24, 2.45) is 0 Å². The molecule has 5 nitrogen and oxygen atoms in total. The van der Waals surface area contributed by atoms with E-state index in [0.29, 0.717) is 5.39 Å². The highest BCUT2D eigenvalue weighted by molar-refractivity contribution is 6.06. The lowest BCUT2D eigenvalue weighted by Gasteiger charge is -2.16. The second-order valence-electron chi connectivity index (χ2n) is 4.88. The van der Waals surface area contributed by atoms with Crippen molar-refractivity contribution in [3.63, 3.8) is 0 Å². The monoisotopic (exact) mass is 273 g/mol. The van der Waals surface area contributed by atoms with Crippen LogP contribution in [0.25, 0.3) is 10.9 Å². The van der Waals surface area contributed by atoms with Gasteiger partial charge in [-0.2, -0.15) is 0 Å². The first-order valence-corrected chi connectivity index (χ1v) is 6.30. The molecule has 5 heteroatoms. The second kappa shape index (κ2) is 5.28. The lowest BCUT2D eigenvalue weighted by molar-refractivity contribution is -0.135. The summed E-state index contributed by atoms with van der Waals surface area (Å²) in [5, 5.41) is 9.13. The number of carboxylic acid groups (broad SMARTS) is 1. The van der Waals surface area contributed by atoms with E-state index >= 15 is 0 Å². The van der Waals surface area contributed by atoms with E-state index in [4.69, 9.17) is 5.11 Å². The molecule has 0 atom stereocenters. The number of aromatic nitrogens is 1. The van der Waals surface area contributed by atoms with Gasteiger partial charge in [0, 0.05) is 17.6 Å². The molecule has 0 spiro atoms. The van der Waals surface area contributed by atoms with Crippen LogP contribution in [0.2, 0.25) is 0 Å².